The van der Waals surface area contributed by atoms with Crippen LogP contribution in [-0.4, -0.2) is 46.8 Å². The van der Waals surface area contributed by atoms with E-state index in [0.717, 1.165) is 36.7 Å². The lowest BCUT2D eigenvalue weighted by Crippen LogP contribution is -2.36. The summed E-state index contributed by atoms with van der Waals surface area (Å²) in [4.78, 5) is 30.5. The maximum Gasteiger partial charge on any atom is 0.254 e. The summed E-state index contributed by atoms with van der Waals surface area (Å²) in [5.41, 5.74) is 1.41. The average Bonchev–Trinajstić information content (AvgIpc) is 3.53. The van der Waals surface area contributed by atoms with Crippen molar-refractivity contribution in [3.8, 4) is 0 Å². The maximum absolute atomic E-state index is 13.3. The number of carbonyl (C=O) groups excluding carboxylic acids is 2. The standard InChI is InChI=1S/C24H22N2O2/c27-23(25-13-15-7-9-17(25)11-15)21-5-1-3-19-20(21)4-2-6-22(19)24(28)26-14-16-8-10-18(26)12-16/h1-10,15-18H,11-14H2. The lowest BCUT2D eigenvalue weighted by Gasteiger charge is -2.26. The van der Waals surface area contributed by atoms with Crippen molar-refractivity contribution >= 4 is 22.6 Å². The van der Waals surface area contributed by atoms with E-state index in [4.69, 9.17) is 0 Å². The number of rotatable bonds is 2. The van der Waals surface area contributed by atoms with E-state index in [1.165, 1.54) is 0 Å². The van der Waals surface area contributed by atoms with Gasteiger partial charge in [-0.1, -0.05) is 48.6 Å². The summed E-state index contributed by atoms with van der Waals surface area (Å²) < 4.78 is 0. The summed E-state index contributed by atoms with van der Waals surface area (Å²) in [6.45, 7) is 1.61. The van der Waals surface area contributed by atoms with Crippen molar-refractivity contribution in [1.29, 1.82) is 0 Å². The van der Waals surface area contributed by atoms with Gasteiger partial charge in [-0.3, -0.25) is 9.59 Å². The average molecular weight is 370 g/mol. The van der Waals surface area contributed by atoms with Gasteiger partial charge in [-0.25, -0.2) is 0 Å². The molecule has 4 bridgehead atoms. The van der Waals surface area contributed by atoms with E-state index in [9.17, 15) is 9.59 Å². The zero-order valence-electron chi connectivity index (χ0n) is 15.6. The van der Waals surface area contributed by atoms with Gasteiger partial charge in [0.25, 0.3) is 11.8 Å². The summed E-state index contributed by atoms with van der Waals surface area (Å²) in [5.74, 6) is 1.16. The van der Waals surface area contributed by atoms with Crippen LogP contribution in [0, 0.1) is 11.8 Å². The van der Waals surface area contributed by atoms with Crippen molar-refractivity contribution in [3.05, 3.63) is 71.8 Å². The van der Waals surface area contributed by atoms with Crippen molar-refractivity contribution in [2.24, 2.45) is 11.8 Å². The van der Waals surface area contributed by atoms with Crippen LogP contribution < -0.4 is 0 Å². The van der Waals surface area contributed by atoms with E-state index >= 15 is 0 Å². The summed E-state index contributed by atoms with van der Waals surface area (Å²) >= 11 is 0. The third-order valence-electron chi connectivity index (χ3n) is 6.87. The van der Waals surface area contributed by atoms with Gasteiger partial charge in [0.2, 0.25) is 0 Å². The Hall–Kier alpha value is -2.88. The number of nitrogens with zero attached hydrogens (tertiary/aromatic N) is 2. The molecule has 28 heavy (non-hydrogen) atoms. The number of likely N-dealkylation sites (tertiary alicyclic amines) is 2. The number of amides is 2. The number of hydrogen-bond donors (Lipinski definition) is 0. The fourth-order valence-corrected chi connectivity index (χ4v) is 5.47. The number of benzene rings is 2. The predicted octanol–water partition coefficient (Wildman–Crippen LogP) is 3.64. The quantitative estimate of drug-likeness (QED) is 0.758. The maximum atomic E-state index is 13.3. The Labute approximate surface area is 164 Å². The van der Waals surface area contributed by atoms with Crippen LogP contribution in [0.25, 0.3) is 10.8 Å². The fourth-order valence-electron chi connectivity index (χ4n) is 5.47. The summed E-state index contributed by atoms with van der Waals surface area (Å²) in [7, 11) is 0. The van der Waals surface area contributed by atoms with Gasteiger partial charge in [0.1, 0.15) is 0 Å². The van der Waals surface area contributed by atoms with Crippen LogP contribution in [-0.2, 0) is 0 Å². The molecule has 2 aliphatic carbocycles. The second-order valence-corrected chi connectivity index (χ2v) is 8.52. The lowest BCUT2D eigenvalue weighted by molar-refractivity contribution is 0.0747. The molecule has 2 aliphatic heterocycles. The SMILES string of the molecule is O=C(c1cccc2c(C(=O)N3CC4C=CC3C4)cccc12)N1CC2C=CC1C2. The van der Waals surface area contributed by atoms with E-state index in [1.54, 1.807) is 0 Å². The third kappa shape index (κ3) is 2.24. The van der Waals surface area contributed by atoms with E-state index in [0.29, 0.717) is 23.0 Å². The molecule has 2 fully saturated rings. The molecular formula is C24H22N2O2. The molecule has 4 nitrogen and oxygen atoms in total. The van der Waals surface area contributed by atoms with Crippen LogP contribution in [0.1, 0.15) is 33.6 Å². The van der Waals surface area contributed by atoms with Gasteiger partial charge in [0, 0.05) is 24.2 Å². The first-order valence-corrected chi connectivity index (χ1v) is 10.2. The third-order valence-corrected chi connectivity index (χ3v) is 6.87. The Morgan fingerprint density at radius 2 is 1.14 bits per heavy atom. The monoisotopic (exact) mass is 370 g/mol. The van der Waals surface area contributed by atoms with Gasteiger partial charge in [-0.15, -0.1) is 0 Å². The number of fused-ring (bicyclic) bond motifs is 5. The minimum atomic E-state index is 0.0789. The van der Waals surface area contributed by atoms with Crippen molar-refractivity contribution in [2.75, 3.05) is 13.1 Å². The topological polar surface area (TPSA) is 40.6 Å². The molecule has 0 radical (unpaired) electrons. The number of carbonyl (C=O) groups is 2. The summed E-state index contributed by atoms with van der Waals surface area (Å²) in [5, 5.41) is 1.76. The normalized spacial score (nSPS) is 29.4. The molecule has 2 aromatic carbocycles. The molecule has 0 saturated carbocycles. The van der Waals surface area contributed by atoms with Crippen molar-refractivity contribution < 1.29 is 9.59 Å². The van der Waals surface area contributed by atoms with Crippen LogP contribution in [0.15, 0.2) is 60.7 Å². The molecule has 2 saturated heterocycles. The molecule has 4 atom stereocenters. The van der Waals surface area contributed by atoms with Crippen LogP contribution in [0.4, 0.5) is 0 Å². The first-order valence-electron chi connectivity index (χ1n) is 10.2. The Balaban J connectivity index is 1.39. The first kappa shape index (κ1) is 16.1. The zero-order valence-corrected chi connectivity index (χ0v) is 15.6. The highest BCUT2D eigenvalue weighted by Crippen LogP contribution is 2.36. The molecular weight excluding hydrogens is 348 g/mol. The largest absolute Gasteiger partial charge is 0.332 e. The second kappa shape index (κ2) is 5.81. The lowest BCUT2D eigenvalue weighted by atomic mass is 9.98. The Bertz CT molecular complexity index is 984. The molecule has 2 amide bonds. The second-order valence-electron chi connectivity index (χ2n) is 8.52. The van der Waals surface area contributed by atoms with E-state index in [-0.39, 0.29) is 23.9 Å². The van der Waals surface area contributed by atoms with Crippen molar-refractivity contribution in [2.45, 2.75) is 24.9 Å². The first-order chi connectivity index (χ1) is 13.7. The van der Waals surface area contributed by atoms with Gasteiger partial charge < -0.3 is 9.80 Å². The molecule has 4 unspecified atom stereocenters. The summed E-state index contributed by atoms with van der Waals surface area (Å²) in [6.07, 6.45) is 10.9. The minimum absolute atomic E-state index is 0.0789. The van der Waals surface area contributed by atoms with Crippen LogP contribution >= 0.6 is 0 Å². The molecule has 0 N–H and O–H groups in total. The zero-order chi connectivity index (χ0) is 18.8. The van der Waals surface area contributed by atoms with E-state index in [2.05, 4.69) is 24.3 Å². The van der Waals surface area contributed by atoms with Crippen LogP contribution in [0.3, 0.4) is 0 Å². The molecule has 0 spiro atoms. The van der Waals surface area contributed by atoms with Gasteiger partial charge in [0.15, 0.2) is 0 Å². The molecule has 4 heteroatoms. The van der Waals surface area contributed by atoms with E-state index in [1.807, 2.05) is 46.2 Å². The smallest absolute Gasteiger partial charge is 0.254 e. The summed E-state index contributed by atoms with van der Waals surface area (Å²) in [6, 6.07) is 12.0. The highest BCUT2D eigenvalue weighted by Gasteiger charge is 2.38. The van der Waals surface area contributed by atoms with Crippen molar-refractivity contribution in [1.82, 2.24) is 9.80 Å². The Morgan fingerprint density at radius 1 is 0.679 bits per heavy atom. The fraction of sp³-hybridized carbons (Fsp3) is 0.333. The van der Waals surface area contributed by atoms with Gasteiger partial charge >= 0.3 is 0 Å². The number of hydrogen-bond acceptors (Lipinski definition) is 2. The van der Waals surface area contributed by atoms with Crippen LogP contribution in [0.2, 0.25) is 0 Å². The molecule has 140 valence electrons. The highest BCUT2D eigenvalue weighted by atomic mass is 16.2. The van der Waals surface area contributed by atoms with Gasteiger partial charge in [0.05, 0.1) is 12.1 Å². The Kier molecular flexibility index (Phi) is 3.34. The van der Waals surface area contributed by atoms with E-state index < -0.39 is 0 Å². The van der Waals surface area contributed by atoms with Gasteiger partial charge in [-0.2, -0.15) is 0 Å². The van der Waals surface area contributed by atoms with Gasteiger partial charge in [-0.05, 0) is 47.6 Å². The molecule has 6 rings (SSSR count). The molecule has 2 heterocycles. The molecule has 4 aliphatic rings. The van der Waals surface area contributed by atoms with Crippen LogP contribution in [0.5, 0.6) is 0 Å². The van der Waals surface area contributed by atoms with Crippen molar-refractivity contribution in [3.63, 3.8) is 0 Å². The molecule has 0 aromatic heterocycles. The minimum Gasteiger partial charge on any atom is -0.332 e. The predicted molar refractivity (Wildman–Crippen MR) is 108 cm³/mol. The highest BCUT2D eigenvalue weighted by molar-refractivity contribution is 6.13. The molecule has 2 aromatic rings. The Morgan fingerprint density at radius 3 is 1.50 bits per heavy atom.